The molecule has 200 valence electrons. The highest BCUT2D eigenvalue weighted by Gasteiger charge is 2.37. The first-order valence-electron chi connectivity index (χ1n) is 12.8. The quantitative estimate of drug-likeness (QED) is 0.431. The fourth-order valence-corrected chi connectivity index (χ4v) is 6.13. The van der Waals surface area contributed by atoms with Gasteiger partial charge < -0.3 is 4.90 Å². The lowest BCUT2D eigenvalue weighted by atomic mass is 9.97. The molecule has 2 aromatic carbocycles. The number of benzene rings is 2. The Bertz CT molecular complexity index is 1530. The number of allylic oxidation sites excluding steroid dienone is 1. The number of halogens is 3. The summed E-state index contributed by atoms with van der Waals surface area (Å²) in [4.78, 5) is 27.9. The van der Waals surface area contributed by atoms with Crippen LogP contribution in [0.3, 0.4) is 0 Å². The van der Waals surface area contributed by atoms with Gasteiger partial charge in [-0.25, -0.2) is 14.1 Å². The van der Waals surface area contributed by atoms with Crippen LogP contribution in [0.15, 0.2) is 54.6 Å². The molecule has 10 heteroatoms. The highest BCUT2D eigenvalue weighted by atomic mass is 35.5. The molecule has 3 aromatic rings. The summed E-state index contributed by atoms with van der Waals surface area (Å²) in [6.45, 7) is 3.52. The van der Waals surface area contributed by atoms with Crippen molar-refractivity contribution in [2.45, 2.75) is 19.9 Å². The number of rotatable bonds is 4. The van der Waals surface area contributed by atoms with Crippen molar-refractivity contribution in [1.82, 2.24) is 25.1 Å². The topological polar surface area (TPSA) is 70.5 Å². The second kappa shape index (κ2) is 10.3. The van der Waals surface area contributed by atoms with Crippen LogP contribution in [-0.2, 0) is 11.3 Å². The zero-order chi connectivity index (χ0) is 27.3. The van der Waals surface area contributed by atoms with Gasteiger partial charge in [0.05, 0.1) is 22.9 Å². The number of carbonyl (C=O) groups excluding carboxylic acids is 2. The minimum atomic E-state index is -0.342. The SMILES string of the molecule is CC(=O)N1C/C(=C\c2ccc(F)cc2)c2c(c(C(=O)NN3CC4C=CCC4C3)nn2-c2ccc(Cl)cc2Cl)C1. The van der Waals surface area contributed by atoms with Crippen molar-refractivity contribution in [2.75, 3.05) is 19.6 Å². The summed E-state index contributed by atoms with van der Waals surface area (Å²) in [6.07, 6.45) is 7.31. The van der Waals surface area contributed by atoms with Crippen molar-refractivity contribution in [3.8, 4) is 5.69 Å². The predicted octanol–water partition coefficient (Wildman–Crippen LogP) is 5.37. The van der Waals surface area contributed by atoms with E-state index in [2.05, 4.69) is 17.6 Å². The summed E-state index contributed by atoms with van der Waals surface area (Å²) >= 11 is 12.8. The number of fused-ring (bicyclic) bond motifs is 2. The molecular formula is C29H26Cl2FN5O2. The van der Waals surface area contributed by atoms with Crippen molar-refractivity contribution < 1.29 is 14.0 Å². The normalized spacial score (nSPS) is 21.3. The van der Waals surface area contributed by atoms with Crippen molar-refractivity contribution in [2.24, 2.45) is 11.8 Å². The first-order chi connectivity index (χ1) is 18.8. The molecule has 7 nitrogen and oxygen atoms in total. The molecule has 2 atom stereocenters. The van der Waals surface area contributed by atoms with Crippen LogP contribution in [0, 0.1) is 17.7 Å². The third-order valence-electron chi connectivity index (χ3n) is 7.58. The maximum atomic E-state index is 13.7. The average Bonchev–Trinajstić information content (AvgIpc) is 3.59. The molecule has 1 N–H and O–H groups in total. The minimum absolute atomic E-state index is 0.131. The fraction of sp³-hybridized carbons (Fsp3) is 0.276. The van der Waals surface area contributed by atoms with E-state index in [1.807, 2.05) is 11.1 Å². The van der Waals surface area contributed by atoms with E-state index in [1.54, 1.807) is 39.9 Å². The van der Waals surface area contributed by atoms with Crippen LogP contribution < -0.4 is 5.43 Å². The number of carbonyl (C=O) groups is 2. The monoisotopic (exact) mass is 565 g/mol. The van der Waals surface area contributed by atoms with E-state index in [9.17, 15) is 14.0 Å². The number of hydrogen-bond acceptors (Lipinski definition) is 4. The predicted molar refractivity (Wildman–Crippen MR) is 149 cm³/mol. The molecule has 2 aliphatic heterocycles. The minimum Gasteiger partial charge on any atom is -0.334 e. The van der Waals surface area contributed by atoms with E-state index in [0.29, 0.717) is 45.4 Å². The summed E-state index contributed by atoms with van der Waals surface area (Å²) < 4.78 is 15.3. The molecule has 39 heavy (non-hydrogen) atoms. The molecule has 1 aromatic heterocycles. The third-order valence-corrected chi connectivity index (χ3v) is 8.12. The van der Waals surface area contributed by atoms with Gasteiger partial charge in [0, 0.05) is 37.1 Å². The molecule has 2 unspecified atom stereocenters. The van der Waals surface area contributed by atoms with Gasteiger partial charge in [0.2, 0.25) is 5.91 Å². The van der Waals surface area contributed by atoms with Gasteiger partial charge in [-0.05, 0) is 65.8 Å². The lowest BCUT2D eigenvalue weighted by Gasteiger charge is -2.29. The third kappa shape index (κ3) is 5.00. The number of hydrogen-bond donors (Lipinski definition) is 1. The Hall–Kier alpha value is -3.46. The van der Waals surface area contributed by atoms with Crippen LogP contribution in [0.4, 0.5) is 4.39 Å². The van der Waals surface area contributed by atoms with Crippen LogP contribution >= 0.6 is 23.2 Å². The van der Waals surface area contributed by atoms with Gasteiger partial charge in [-0.15, -0.1) is 0 Å². The van der Waals surface area contributed by atoms with Gasteiger partial charge in [0.25, 0.3) is 5.91 Å². The van der Waals surface area contributed by atoms with E-state index in [1.165, 1.54) is 19.1 Å². The van der Waals surface area contributed by atoms with Crippen LogP contribution in [0.25, 0.3) is 17.3 Å². The second-order valence-electron chi connectivity index (χ2n) is 10.2. The number of amides is 2. The number of hydrazine groups is 1. The average molecular weight is 566 g/mol. The van der Waals surface area contributed by atoms with Crippen molar-refractivity contribution in [1.29, 1.82) is 0 Å². The molecule has 3 heterocycles. The van der Waals surface area contributed by atoms with Crippen LogP contribution in [0.5, 0.6) is 0 Å². The van der Waals surface area contributed by atoms with E-state index >= 15 is 0 Å². The Labute approximate surface area is 235 Å². The molecule has 2 amide bonds. The largest absolute Gasteiger partial charge is 0.334 e. The molecule has 1 fully saturated rings. The Balaban J connectivity index is 1.47. The van der Waals surface area contributed by atoms with Crippen molar-refractivity contribution >= 4 is 46.7 Å². The number of nitrogens with one attached hydrogen (secondary N) is 1. The van der Waals surface area contributed by atoms with E-state index in [4.69, 9.17) is 28.3 Å². The highest BCUT2D eigenvalue weighted by Crippen LogP contribution is 2.36. The highest BCUT2D eigenvalue weighted by molar-refractivity contribution is 6.35. The van der Waals surface area contributed by atoms with Crippen molar-refractivity contribution in [3.63, 3.8) is 0 Å². The number of nitrogens with zero attached hydrogens (tertiary/aromatic N) is 4. The van der Waals surface area contributed by atoms with Crippen LogP contribution in [-0.4, -0.2) is 51.1 Å². The maximum Gasteiger partial charge on any atom is 0.286 e. The summed E-state index contributed by atoms with van der Waals surface area (Å²) in [5.74, 6) is 0.121. The number of aromatic nitrogens is 2. The zero-order valence-corrected chi connectivity index (χ0v) is 22.7. The summed E-state index contributed by atoms with van der Waals surface area (Å²) in [6, 6.07) is 11.2. The summed E-state index contributed by atoms with van der Waals surface area (Å²) in [5, 5.41) is 7.55. The van der Waals surface area contributed by atoms with Crippen LogP contribution in [0.2, 0.25) is 10.0 Å². The van der Waals surface area contributed by atoms with E-state index in [0.717, 1.165) is 30.6 Å². The van der Waals surface area contributed by atoms with E-state index < -0.39 is 0 Å². The van der Waals surface area contributed by atoms with Gasteiger partial charge >= 0.3 is 0 Å². The zero-order valence-electron chi connectivity index (χ0n) is 21.2. The Morgan fingerprint density at radius 3 is 2.62 bits per heavy atom. The smallest absolute Gasteiger partial charge is 0.286 e. The Morgan fingerprint density at radius 2 is 1.90 bits per heavy atom. The maximum absolute atomic E-state index is 13.7. The Morgan fingerprint density at radius 1 is 1.10 bits per heavy atom. The molecule has 0 saturated carbocycles. The molecular weight excluding hydrogens is 540 g/mol. The molecule has 3 aliphatic rings. The van der Waals surface area contributed by atoms with Gasteiger partial charge in [0.1, 0.15) is 5.82 Å². The summed E-state index contributed by atoms with van der Waals surface area (Å²) in [5.41, 5.74) is 6.61. The molecule has 0 radical (unpaired) electrons. The molecule has 1 saturated heterocycles. The van der Waals surface area contributed by atoms with Gasteiger partial charge in [-0.3, -0.25) is 15.0 Å². The standard InChI is InChI=1S/C29H26Cl2FN5O2/c1-17(38)35-13-21(11-18-5-8-23(32)9-6-18)28-24(16-35)27(33-37(28)26-10-7-22(30)12-25(26)31)29(39)34-36-14-19-3-2-4-20(19)15-36/h2-3,5-12,19-20H,4,13-16H2,1H3,(H,34,39)/b21-11+. The Kier molecular flexibility index (Phi) is 6.79. The fourth-order valence-electron chi connectivity index (χ4n) is 5.64. The first-order valence-corrected chi connectivity index (χ1v) is 13.5. The van der Waals surface area contributed by atoms with Gasteiger partial charge in [-0.2, -0.15) is 5.10 Å². The van der Waals surface area contributed by atoms with E-state index in [-0.39, 0.29) is 29.9 Å². The summed E-state index contributed by atoms with van der Waals surface area (Å²) in [7, 11) is 0. The molecule has 0 bridgehead atoms. The molecule has 0 spiro atoms. The van der Waals surface area contributed by atoms with Crippen molar-refractivity contribution in [3.05, 3.63) is 93.0 Å². The first kappa shape index (κ1) is 25.8. The molecule has 6 rings (SSSR count). The lowest BCUT2D eigenvalue weighted by Crippen LogP contribution is -2.42. The van der Waals surface area contributed by atoms with Gasteiger partial charge in [-0.1, -0.05) is 47.5 Å². The van der Waals surface area contributed by atoms with Crippen LogP contribution in [0.1, 0.15) is 40.7 Å². The lowest BCUT2D eigenvalue weighted by molar-refractivity contribution is -0.128. The second-order valence-corrected chi connectivity index (χ2v) is 11.1. The van der Waals surface area contributed by atoms with Gasteiger partial charge in [0.15, 0.2) is 5.69 Å². The molecule has 1 aliphatic carbocycles.